The lowest BCUT2D eigenvalue weighted by atomic mass is 10.2. The number of rotatable bonds is 2. The molecule has 18 heavy (non-hydrogen) atoms. The minimum atomic E-state index is -0.309. The second-order valence-electron chi connectivity index (χ2n) is 4.11. The van der Waals surface area contributed by atoms with E-state index in [0.717, 1.165) is 5.56 Å². The maximum Gasteiger partial charge on any atom is 0.410 e. The van der Waals surface area contributed by atoms with Gasteiger partial charge in [0.15, 0.2) is 6.19 Å². The lowest BCUT2D eigenvalue weighted by Crippen LogP contribution is -2.47. The van der Waals surface area contributed by atoms with Gasteiger partial charge in [-0.05, 0) is 5.56 Å². The predicted octanol–water partition coefficient (Wildman–Crippen LogP) is 1.42. The van der Waals surface area contributed by atoms with Crippen molar-refractivity contribution in [1.82, 2.24) is 9.80 Å². The molecule has 5 heteroatoms. The molecule has 0 atom stereocenters. The fraction of sp³-hybridized carbons (Fsp3) is 0.385. The summed E-state index contributed by atoms with van der Waals surface area (Å²) in [4.78, 5) is 15.0. The Hall–Kier alpha value is -2.22. The summed E-state index contributed by atoms with van der Waals surface area (Å²) in [7, 11) is 0. The Morgan fingerprint density at radius 3 is 2.50 bits per heavy atom. The minimum absolute atomic E-state index is 0.290. The molecule has 0 spiro atoms. The van der Waals surface area contributed by atoms with Crippen molar-refractivity contribution in [2.24, 2.45) is 0 Å². The normalized spacial score (nSPS) is 15.1. The molecular weight excluding hydrogens is 230 g/mol. The highest BCUT2D eigenvalue weighted by molar-refractivity contribution is 5.67. The number of ether oxygens (including phenoxy) is 1. The van der Waals surface area contributed by atoms with Gasteiger partial charge in [-0.15, -0.1) is 0 Å². The van der Waals surface area contributed by atoms with Crippen LogP contribution < -0.4 is 0 Å². The van der Waals surface area contributed by atoms with E-state index in [9.17, 15) is 4.79 Å². The highest BCUT2D eigenvalue weighted by Crippen LogP contribution is 2.06. The lowest BCUT2D eigenvalue weighted by Gasteiger charge is -2.30. The molecule has 1 aromatic carbocycles. The molecule has 1 heterocycles. The number of carbonyl (C=O) groups is 1. The number of benzene rings is 1. The van der Waals surface area contributed by atoms with Crippen LogP contribution >= 0.6 is 0 Å². The largest absolute Gasteiger partial charge is 0.445 e. The second kappa shape index (κ2) is 5.92. The van der Waals surface area contributed by atoms with E-state index >= 15 is 0 Å². The first-order valence-corrected chi connectivity index (χ1v) is 5.90. The van der Waals surface area contributed by atoms with Crippen molar-refractivity contribution in [3.05, 3.63) is 35.9 Å². The Morgan fingerprint density at radius 1 is 1.22 bits per heavy atom. The van der Waals surface area contributed by atoms with Gasteiger partial charge in [-0.2, -0.15) is 5.26 Å². The second-order valence-corrected chi connectivity index (χ2v) is 4.11. The third-order valence-corrected chi connectivity index (χ3v) is 2.88. The first-order valence-electron chi connectivity index (χ1n) is 5.90. The molecule has 1 saturated heterocycles. The Kier molecular flexibility index (Phi) is 4.02. The molecule has 1 aliphatic rings. The molecule has 5 nitrogen and oxygen atoms in total. The lowest BCUT2D eigenvalue weighted by molar-refractivity contribution is 0.0810. The fourth-order valence-electron chi connectivity index (χ4n) is 1.80. The van der Waals surface area contributed by atoms with Gasteiger partial charge in [-0.1, -0.05) is 30.3 Å². The Bertz CT molecular complexity index is 433. The maximum absolute atomic E-state index is 11.8. The summed E-state index contributed by atoms with van der Waals surface area (Å²) in [6.07, 6.45) is 1.77. The summed E-state index contributed by atoms with van der Waals surface area (Å²) in [5.74, 6) is 0. The quantitative estimate of drug-likeness (QED) is 0.739. The monoisotopic (exact) mass is 245 g/mol. The first kappa shape index (κ1) is 12.2. The van der Waals surface area contributed by atoms with E-state index in [1.165, 1.54) is 0 Å². The number of hydrogen-bond donors (Lipinski definition) is 0. The average Bonchev–Trinajstić information content (AvgIpc) is 2.46. The van der Waals surface area contributed by atoms with Gasteiger partial charge >= 0.3 is 6.09 Å². The number of piperazine rings is 1. The van der Waals surface area contributed by atoms with Crippen LogP contribution in [-0.4, -0.2) is 42.1 Å². The van der Waals surface area contributed by atoms with Gasteiger partial charge in [-0.25, -0.2) is 4.79 Å². The molecule has 0 saturated carbocycles. The van der Waals surface area contributed by atoms with E-state index < -0.39 is 0 Å². The van der Waals surface area contributed by atoms with Crippen molar-refractivity contribution in [3.8, 4) is 6.19 Å². The zero-order chi connectivity index (χ0) is 12.8. The van der Waals surface area contributed by atoms with Crippen molar-refractivity contribution in [3.63, 3.8) is 0 Å². The van der Waals surface area contributed by atoms with Crippen molar-refractivity contribution in [1.29, 1.82) is 5.26 Å². The van der Waals surface area contributed by atoms with Crippen LogP contribution in [0.15, 0.2) is 30.3 Å². The van der Waals surface area contributed by atoms with E-state index in [1.807, 2.05) is 30.3 Å². The van der Waals surface area contributed by atoms with E-state index in [-0.39, 0.29) is 12.7 Å². The van der Waals surface area contributed by atoms with Gasteiger partial charge in [0.05, 0.1) is 0 Å². The SMILES string of the molecule is N#CN1CCN(C(=O)OCc2ccccc2)CC1. The molecule has 0 unspecified atom stereocenters. The molecule has 94 valence electrons. The number of nitrogens with zero attached hydrogens (tertiary/aromatic N) is 3. The molecule has 0 bridgehead atoms. The molecule has 2 rings (SSSR count). The summed E-state index contributed by atoms with van der Waals surface area (Å²) in [5.41, 5.74) is 0.974. The predicted molar refractivity (Wildman–Crippen MR) is 65.4 cm³/mol. The minimum Gasteiger partial charge on any atom is -0.445 e. The van der Waals surface area contributed by atoms with Gasteiger partial charge < -0.3 is 14.5 Å². The molecule has 0 aliphatic carbocycles. The molecule has 1 aliphatic heterocycles. The number of nitriles is 1. The van der Waals surface area contributed by atoms with Crippen LogP contribution in [-0.2, 0) is 11.3 Å². The van der Waals surface area contributed by atoms with Crippen molar-refractivity contribution in [2.75, 3.05) is 26.2 Å². The highest BCUT2D eigenvalue weighted by Gasteiger charge is 2.21. The molecule has 0 aromatic heterocycles. The molecule has 1 amide bonds. The number of amides is 1. The summed E-state index contributed by atoms with van der Waals surface area (Å²) in [5, 5.41) is 8.71. The summed E-state index contributed by atoms with van der Waals surface area (Å²) in [6.45, 7) is 2.54. The van der Waals surface area contributed by atoms with Crippen LogP contribution in [0.2, 0.25) is 0 Å². The van der Waals surface area contributed by atoms with Gasteiger partial charge in [0.2, 0.25) is 0 Å². The first-order chi connectivity index (χ1) is 8.79. The Morgan fingerprint density at radius 2 is 1.89 bits per heavy atom. The van der Waals surface area contributed by atoms with E-state index in [1.54, 1.807) is 9.80 Å². The summed E-state index contributed by atoms with van der Waals surface area (Å²) in [6, 6.07) is 9.58. The van der Waals surface area contributed by atoms with E-state index in [2.05, 4.69) is 6.19 Å². The summed E-state index contributed by atoms with van der Waals surface area (Å²) < 4.78 is 5.22. The topological polar surface area (TPSA) is 56.6 Å². The molecule has 1 fully saturated rings. The maximum atomic E-state index is 11.8. The van der Waals surface area contributed by atoms with Crippen LogP contribution in [0.1, 0.15) is 5.56 Å². The molecule has 1 aromatic rings. The standard InChI is InChI=1S/C13H15N3O2/c14-11-15-6-8-16(9-7-15)13(17)18-10-12-4-2-1-3-5-12/h1-5H,6-10H2. The van der Waals surface area contributed by atoms with Crippen LogP contribution in [0.5, 0.6) is 0 Å². The van der Waals surface area contributed by atoms with Gasteiger partial charge in [-0.3, -0.25) is 0 Å². The van der Waals surface area contributed by atoms with Crippen LogP contribution in [0.4, 0.5) is 4.79 Å². The van der Waals surface area contributed by atoms with Gasteiger partial charge in [0.25, 0.3) is 0 Å². The highest BCUT2D eigenvalue weighted by atomic mass is 16.6. The molecule has 0 N–H and O–H groups in total. The zero-order valence-corrected chi connectivity index (χ0v) is 10.1. The third kappa shape index (κ3) is 3.14. The van der Waals surface area contributed by atoms with Crippen molar-refractivity contribution >= 4 is 6.09 Å². The zero-order valence-electron chi connectivity index (χ0n) is 10.1. The smallest absolute Gasteiger partial charge is 0.410 e. The number of carbonyl (C=O) groups excluding carboxylic acids is 1. The van der Waals surface area contributed by atoms with Gasteiger partial charge in [0, 0.05) is 26.2 Å². The van der Waals surface area contributed by atoms with Gasteiger partial charge in [0.1, 0.15) is 6.61 Å². The van der Waals surface area contributed by atoms with Crippen LogP contribution in [0, 0.1) is 11.5 Å². The van der Waals surface area contributed by atoms with Crippen LogP contribution in [0.25, 0.3) is 0 Å². The number of hydrogen-bond acceptors (Lipinski definition) is 4. The van der Waals surface area contributed by atoms with E-state index in [4.69, 9.17) is 10.00 Å². The fourth-order valence-corrected chi connectivity index (χ4v) is 1.80. The van der Waals surface area contributed by atoms with Crippen LogP contribution in [0.3, 0.4) is 0 Å². The molecule has 0 radical (unpaired) electrons. The van der Waals surface area contributed by atoms with Crippen molar-refractivity contribution < 1.29 is 9.53 Å². The average molecular weight is 245 g/mol. The Labute approximate surface area is 106 Å². The third-order valence-electron chi connectivity index (χ3n) is 2.88. The summed E-state index contributed by atoms with van der Waals surface area (Å²) >= 11 is 0. The Balaban J connectivity index is 1.78. The van der Waals surface area contributed by atoms with Crippen molar-refractivity contribution in [2.45, 2.75) is 6.61 Å². The van der Waals surface area contributed by atoms with E-state index in [0.29, 0.717) is 26.2 Å². The molecular formula is C13H15N3O2.